The van der Waals surface area contributed by atoms with Crippen molar-refractivity contribution in [1.29, 1.82) is 0 Å². The first kappa shape index (κ1) is 17.2. The quantitative estimate of drug-likeness (QED) is 0.857. The molecule has 0 bridgehead atoms. The second kappa shape index (κ2) is 7.93. The molecule has 2 N–H and O–H groups in total. The van der Waals surface area contributed by atoms with Crippen molar-refractivity contribution in [2.75, 3.05) is 40.3 Å². The van der Waals surface area contributed by atoms with Crippen LogP contribution >= 0.6 is 27.5 Å². The van der Waals surface area contributed by atoms with E-state index in [2.05, 4.69) is 45.9 Å². The zero-order valence-corrected chi connectivity index (χ0v) is 15.2. The lowest BCUT2D eigenvalue weighted by molar-refractivity contribution is 0.122. The molecule has 0 aromatic heterocycles. The van der Waals surface area contributed by atoms with Crippen molar-refractivity contribution in [2.45, 2.75) is 18.9 Å². The number of nitrogens with two attached hydrogens (primary N) is 1. The zero-order chi connectivity index (χ0) is 15.4. The first-order valence-corrected chi connectivity index (χ1v) is 8.72. The predicted molar refractivity (Wildman–Crippen MR) is 93.8 cm³/mol. The van der Waals surface area contributed by atoms with Crippen LogP contribution in [0.2, 0.25) is 5.02 Å². The Hall–Kier alpha value is -0.130. The second-order valence-electron chi connectivity index (χ2n) is 6.16. The number of benzene rings is 1. The molecule has 1 aliphatic heterocycles. The Morgan fingerprint density at radius 1 is 1.38 bits per heavy atom. The fourth-order valence-corrected chi connectivity index (χ4v) is 4.15. The number of hydrogen-bond donors (Lipinski definition) is 1. The molecular formula is C16H25BrClN3. The van der Waals surface area contributed by atoms with Gasteiger partial charge in [0.2, 0.25) is 0 Å². The maximum atomic E-state index is 6.05. The lowest BCUT2D eigenvalue weighted by atomic mass is 9.94. The van der Waals surface area contributed by atoms with Crippen LogP contribution in [-0.2, 0) is 0 Å². The van der Waals surface area contributed by atoms with Gasteiger partial charge in [0.1, 0.15) is 0 Å². The lowest BCUT2D eigenvalue weighted by Gasteiger charge is -2.38. The summed E-state index contributed by atoms with van der Waals surface area (Å²) in [6.45, 7) is 4.06. The Morgan fingerprint density at radius 2 is 2.05 bits per heavy atom. The van der Waals surface area contributed by atoms with E-state index in [9.17, 15) is 0 Å². The van der Waals surface area contributed by atoms with E-state index in [4.69, 9.17) is 17.3 Å². The van der Waals surface area contributed by atoms with E-state index in [1.807, 2.05) is 12.1 Å². The van der Waals surface area contributed by atoms with Gasteiger partial charge in [-0.25, -0.2) is 0 Å². The third-order valence-corrected chi connectivity index (χ3v) is 5.18. The highest BCUT2D eigenvalue weighted by molar-refractivity contribution is 9.10. The highest BCUT2D eigenvalue weighted by atomic mass is 79.9. The first-order chi connectivity index (χ1) is 10.0. The molecule has 1 atom stereocenters. The van der Waals surface area contributed by atoms with Crippen LogP contribution in [0.1, 0.15) is 24.4 Å². The lowest BCUT2D eigenvalue weighted by Crippen LogP contribution is -2.41. The van der Waals surface area contributed by atoms with Crippen LogP contribution in [0.25, 0.3) is 0 Å². The molecular weight excluding hydrogens is 350 g/mol. The molecule has 0 spiro atoms. The third-order valence-electron chi connectivity index (χ3n) is 4.26. The van der Waals surface area contributed by atoms with E-state index < -0.39 is 0 Å². The number of halogens is 2. The summed E-state index contributed by atoms with van der Waals surface area (Å²) >= 11 is 9.67. The molecule has 21 heavy (non-hydrogen) atoms. The molecule has 1 fully saturated rings. The van der Waals surface area contributed by atoms with Crippen molar-refractivity contribution in [3.05, 3.63) is 33.3 Å². The van der Waals surface area contributed by atoms with Crippen LogP contribution in [0.15, 0.2) is 22.7 Å². The van der Waals surface area contributed by atoms with E-state index in [1.165, 1.54) is 24.9 Å². The van der Waals surface area contributed by atoms with Gasteiger partial charge in [0, 0.05) is 28.6 Å². The average Bonchev–Trinajstić information content (AvgIpc) is 2.43. The monoisotopic (exact) mass is 373 g/mol. The smallest absolute Gasteiger partial charge is 0.0481 e. The van der Waals surface area contributed by atoms with Crippen LogP contribution in [-0.4, -0.2) is 50.1 Å². The van der Waals surface area contributed by atoms with E-state index >= 15 is 0 Å². The first-order valence-electron chi connectivity index (χ1n) is 7.55. The summed E-state index contributed by atoms with van der Waals surface area (Å²) in [6.07, 6.45) is 2.50. The van der Waals surface area contributed by atoms with Crippen LogP contribution in [0.5, 0.6) is 0 Å². The van der Waals surface area contributed by atoms with Crippen molar-refractivity contribution in [3.8, 4) is 0 Å². The van der Waals surface area contributed by atoms with Gasteiger partial charge in [-0.15, -0.1) is 0 Å². The Labute approximate surface area is 141 Å². The number of likely N-dealkylation sites (tertiary alicyclic amines) is 1. The molecule has 1 heterocycles. The van der Waals surface area contributed by atoms with Gasteiger partial charge in [-0.05, 0) is 63.6 Å². The van der Waals surface area contributed by atoms with Crippen LogP contribution in [0.4, 0.5) is 0 Å². The van der Waals surface area contributed by atoms with Crippen molar-refractivity contribution in [3.63, 3.8) is 0 Å². The zero-order valence-electron chi connectivity index (χ0n) is 12.9. The summed E-state index contributed by atoms with van der Waals surface area (Å²) in [6, 6.07) is 6.27. The number of hydrogen-bond acceptors (Lipinski definition) is 3. The highest BCUT2D eigenvalue weighted by Gasteiger charge is 2.26. The minimum atomic E-state index is 0.275. The second-order valence-corrected chi connectivity index (χ2v) is 7.45. The van der Waals surface area contributed by atoms with Crippen LogP contribution < -0.4 is 5.73 Å². The minimum absolute atomic E-state index is 0.275. The average molecular weight is 375 g/mol. The Morgan fingerprint density at radius 3 is 2.57 bits per heavy atom. The van der Waals surface area contributed by atoms with E-state index in [-0.39, 0.29) is 6.04 Å². The molecule has 3 nitrogen and oxygen atoms in total. The van der Waals surface area contributed by atoms with Gasteiger partial charge in [0.15, 0.2) is 0 Å². The summed E-state index contributed by atoms with van der Waals surface area (Å²) in [4.78, 5) is 4.80. The van der Waals surface area contributed by atoms with Crippen molar-refractivity contribution >= 4 is 27.5 Å². The molecule has 1 aromatic rings. The molecule has 118 valence electrons. The highest BCUT2D eigenvalue weighted by Crippen LogP contribution is 2.32. The molecule has 0 aliphatic carbocycles. The van der Waals surface area contributed by atoms with E-state index in [1.54, 1.807) is 0 Å². The molecule has 1 unspecified atom stereocenters. The van der Waals surface area contributed by atoms with Crippen molar-refractivity contribution in [2.24, 2.45) is 11.7 Å². The SMILES string of the molecule is CN(C)CC1CCN(C(CN)c2ccc(Cl)cc2Br)CC1. The van der Waals surface area contributed by atoms with Crippen LogP contribution in [0, 0.1) is 5.92 Å². The molecule has 5 heteroatoms. The van der Waals surface area contributed by atoms with E-state index in [0.717, 1.165) is 28.5 Å². The van der Waals surface area contributed by atoms with Gasteiger partial charge in [0.05, 0.1) is 0 Å². The summed E-state index contributed by atoms with van der Waals surface area (Å²) < 4.78 is 1.06. The van der Waals surface area contributed by atoms with E-state index in [0.29, 0.717) is 6.54 Å². The molecule has 0 saturated carbocycles. The Kier molecular flexibility index (Phi) is 6.51. The van der Waals surface area contributed by atoms with Gasteiger partial charge >= 0.3 is 0 Å². The minimum Gasteiger partial charge on any atom is -0.329 e. The fraction of sp³-hybridized carbons (Fsp3) is 0.625. The van der Waals surface area contributed by atoms with Crippen molar-refractivity contribution < 1.29 is 0 Å². The molecule has 1 aromatic carbocycles. The maximum absolute atomic E-state index is 6.05. The summed E-state index contributed by atoms with van der Waals surface area (Å²) in [7, 11) is 4.31. The Balaban J connectivity index is 2.02. The predicted octanol–water partition coefficient (Wildman–Crippen LogP) is 3.38. The fourth-order valence-electron chi connectivity index (χ4n) is 3.21. The van der Waals surface area contributed by atoms with Crippen LogP contribution in [0.3, 0.4) is 0 Å². The molecule has 1 aliphatic rings. The van der Waals surface area contributed by atoms with Crippen molar-refractivity contribution in [1.82, 2.24) is 9.80 Å². The molecule has 1 saturated heterocycles. The summed E-state index contributed by atoms with van der Waals surface area (Å²) in [5, 5.41) is 0.756. The Bertz CT molecular complexity index is 459. The summed E-state index contributed by atoms with van der Waals surface area (Å²) in [5.74, 6) is 0.809. The standard InChI is InChI=1S/C16H25BrClN3/c1-20(2)11-12-5-7-21(8-6-12)16(10-19)14-4-3-13(18)9-15(14)17/h3-4,9,12,16H,5-8,10-11,19H2,1-2H3. The molecule has 0 radical (unpaired) electrons. The maximum Gasteiger partial charge on any atom is 0.0481 e. The third kappa shape index (κ3) is 4.67. The normalized spacial score (nSPS) is 19.1. The largest absolute Gasteiger partial charge is 0.329 e. The number of nitrogens with zero attached hydrogens (tertiary/aromatic N) is 2. The molecule has 2 rings (SSSR count). The van der Waals surface area contributed by atoms with Gasteiger partial charge in [-0.2, -0.15) is 0 Å². The van der Waals surface area contributed by atoms with Gasteiger partial charge in [-0.3, -0.25) is 4.90 Å². The number of piperidine rings is 1. The summed E-state index contributed by atoms with van der Waals surface area (Å²) in [5.41, 5.74) is 7.30. The topological polar surface area (TPSA) is 32.5 Å². The van der Waals surface area contributed by atoms with Gasteiger partial charge in [-0.1, -0.05) is 33.6 Å². The van der Waals surface area contributed by atoms with Gasteiger partial charge < -0.3 is 10.6 Å². The molecule has 0 amide bonds. The number of rotatable bonds is 5. The van der Waals surface area contributed by atoms with Gasteiger partial charge in [0.25, 0.3) is 0 Å².